The summed E-state index contributed by atoms with van der Waals surface area (Å²) in [5, 5.41) is 16.4. The zero-order valence-electron chi connectivity index (χ0n) is 12.5. The van der Waals surface area contributed by atoms with Crippen molar-refractivity contribution in [3.63, 3.8) is 0 Å². The third-order valence-electron chi connectivity index (χ3n) is 3.80. The number of H-pyrrole nitrogens is 1. The van der Waals surface area contributed by atoms with Crippen LogP contribution in [0.4, 0.5) is 13.2 Å². The summed E-state index contributed by atoms with van der Waals surface area (Å²) in [6.07, 6.45) is -1.32. The van der Waals surface area contributed by atoms with Gasteiger partial charge in [-0.25, -0.2) is 0 Å². The molecule has 2 N–H and O–H groups in total. The molecular weight excluding hydrogens is 335 g/mol. The van der Waals surface area contributed by atoms with E-state index in [0.29, 0.717) is 16.7 Å². The number of alkyl halides is 3. The normalized spacial score (nSPS) is 12.0. The fraction of sp³-hybridized carbons (Fsp3) is 0.0588. The average Bonchev–Trinajstić information content (AvgIpc) is 3.23. The second-order valence-electron chi connectivity index (χ2n) is 5.38. The van der Waals surface area contributed by atoms with Crippen molar-refractivity contribution < 1.29 is 22.7 Å². The van der Waals surface area contributed by atoms with Crippen LogP contribution in [0.5, 0.6) is 5.75 Å². The number of hydrogen-bond donors (Lipinski definition) is 2. The maximum absolute atomic E-state index is 12.7. The van der Waals surface area contributed by atoms with Crippen molar-refractivity contribution in [2.75, 3.05) is 0 Å². The van der Waals surface area contributed by atoms with E-state index >= 15 is 0 Å². The Kier molecular flexibility index (Phi) is 3.28. The van der Waals surface area contributed by atoms with Crippen LogP contribution < -0.4 is 0 Å². The molecule has 0 radical (unpaired) electrons. The average molecular weight is 345 g/mol. The number of phenols is 1. The number of fused-ring (bicyclic) bond motifs is 1. The molecule has 25 heavy (non-hydrogen) atoms. The molecule has 0 fully saturated rings. The standard InChI is InChI=1S/C17H10F3N3O2/c18-17(19,20)15-8-12(22-23-15)10-1-2-13-11(16(10)24)7-14(25-13)9-3-5-21-6-4-9/h1-8,24H,(H,22,23). The molecule has 4 aromatic rings. The van der Waals surface area contributed by atoms with Crippen LogP contribution in [-0.4, -0.2) is 20.3 Å². The molecule has 0 saturated carbocycles. The summed E-state index contributed by atoms with van der Waals surface area (Å²) in [5.41, 5.74) is 0.386. The van der Waals surface area contributed by atoms with Crippen LogP contribution in [0, 0.1) is 0 Å². The van der Waals surface area contributed by atoms with E-state index in [1.54, 1.807) is 36.7 Å². The van der Waals surface area contributed by atoms with Crippen molar-refractivity contribution in [3.05, 3.63) is 54.5 Å². The Morgan fingerprint density at radius 1 is 1.04 bits per heavy atom. The van der Waals surface area contributed by atoms with Crippen molar-refractivity contribution >= 4 is 11.0 Å². The molecule has 3 aromatic heterocycles. The molecule has 0 unspecified atom stereocenters. The van der Waals surface area contributed by atoms with Gasteiger partial charge >= 0.3 is 6.18 Å². The van der Waals surface area contributed by atoms with E-state index in [2.05, 4.69) is 10.1 Å². The first-order valence-electron chi connectivity index (χ1n) is 7.22. The quantitative estimate of drug-likeness (QED) is 0.556. The number of aromatic amines is 1. The number of aromatic hydroxyl groups is 1. The van der Waals surface area contributed by atoms with Gasteiger partial charge in [0.25, 0.3) is 0 Å². The van der Waals surface area contributed by atoms with E-state index in [-0.39, 0.29) is 17.0 Å². The second-order valence-corrected chi connectivity index (χ2v) is 5.38. The van der Waals surface area contributed by atoms with Crippen LogP contribution in [0.1, 0.15) is 5.69 Å². The van der Waals surface area contributed by atoms with Gasteiger partial charge in [-0.15, -0.1) is 0 Å². The lowest BCUT2D eigenvalue weighted by molar-refractivity contribution is -0.141. The van der Waals surface area contributed by atoms with Gasteiger partial charge in [0, 0.05) is 23.5 Å². The minimum Gasteiger partial charge on any atom is -0.506 e. The maximum Gasteiger partial charge on any atom is 0.432 e. The van der Waals surface area contributed by atoms with Crippen LogP contribution >= 0.6 is 0 Å². The summed E-state index contributed by atoms with van der Waals surface area (Å²) in [5.74, 6) is 0.324. The zero-order valence-corrected chi connectivity index (χ0v) is 12.5. The molecule has 4 rings (SSSR count). The lowest BCUT2D eigenvalue weighted by Crippen LogP contribution is -2.04. The van der Waals surface area contributed by atoms with Gasteiger partial charge in [-0.2, -0.15) is 18.3 Å². The molecular formula is C17H10F3N3O2. The summed E-state index contributed by atoms with van der Waals surface area (Å²) < 4.78 is 43.8. The molecule has 8 heteroatoms. The van der Waals surface area contributed by atoms with E-state index < -0.39 is 11.9 Å². The number of rotatable bonds is 2. The van der Waals surface area contributed by atoms with Crippen molar-refractivity contribution in [2.45, 2.75) is 6.18 Å². The van der Waals surface area contributed by atoms with E-state index in [1.807, 2.05) is 5.10 Å². The number of pyridine rings is 1. The Labute approximate surface area is 138 Å². The van der Waals surface area contributed by atoms with Crippen molar-refractivity contribution in [1.29, 1.82) is 0 Å². The number of hydrogen-bond acceptors (Lipinski definition) is 4. The topological polar surface area (TPSA) is 74.9 Å². The van der Waals surface area contributed by atoms with Crippen LogP contribution in [0.15, 0.2) is 53.2 Å². The van der Waals surface area contributed by atoms with E-state index in [4.69, 9.17) is 4.42 Å². The van der Waals surface area contributed by atoms with Gasteiger partial charge in [-0.3, -0.25) is 10.1 Å². The highest BCUT2D eigenvalue weighted by Crippen LogP contribution is 2.40. The summed E-state index contributed by atoms with van der Waals surface area (Å²) in [6.45, 7) is 0. The highest BCUT2D eigenvalue weighted by molar-refractivity contribution is 5.93. The Balaban J connectivity index is 1.82. The van der Waals surface area contributed by atoms with Crippen LogP contribution in [-0.2, 0) is 6.18 Å². The first-order chi connectivity index (χ1) is 11.9. The smallest absolute Gasteiger partial charge is 0.432 e. The van der Waals surface area contributed by atoms with E-state index in [1.165, 1.54) is 6.07 Å². The SMILES string of the molecule is Oc1c(-c2cc(C(F)(F)F)[nH]n2)ccc2oc(-c3ccncc3)cc12. The monoisotopic (exact) mass is 345 g/mol. The van der Waals surface area contributed by atoms with Crippen LogP contribution in [0.3, 0.4) is 0 Å². The van der Waals surface area contributed by atoms with Crippen LogP contribution in [0.25, 0.3) is 33.6 Å². The van der Waals surface area contributed by atoms with E-state index in [9.17, 15) is 18.3 Å². The molecule has 3 heterocycles. The third-order valence-corrected chi connectivity index (χ3v) is 3.80. The van der Waals surface area contributed by atoms with Gasteiger partial charge in [-0.1, -0.05) is 0 Å². The highest BCUT2D eigenvalue weighted by Gasteiger charge is 2.33. The highest BCUT2D eigenvalue weighted by atomic mass is 19.4. The Morgan fingerprint density at radius 3 is 2.48 bits per heavy atom. The molecule has 0 bridgehead atoms. The summed E-state index contributed by atoms with van der Waals surface area (Å²) >= 11 is 0. The first-order valence-corrected chi connectivity index (χ1v) is 7.22. The maximum atomic E-state index is 12.7. The number of nitrogens with one attached hydrogen (secondary N) is 1. The summed E-state index contributed by atoms with van der Waals surface area (Å²) in [6, 6.07) is 9.02. The van der Waals surface area contributed by atoms with Crippen molar-refractivity contribution in [3.8, 4) is 28.3 Å². The minimum atomic E-state index is -4.53. The van der Waals surface area contributed by atoms with Gasteiger partial charge in [-0.05, 0) is 36.4 Å². The molecule has 0 aliphatic rings. The predicted octanol–water partition coefficient (Wildman–Crippen LogP) is 4.61. The second kappa shape index (κ2) is 5.37. The molecule has 1 aromatic carbocycles. The molecule has 0 atom stereocenters. The Morgan fingerprint density at radius 2 is 1.80 bits per heavy atom. The van der Waals surface area contributed by atoms with Crippen LogP contribution in [0.2, 0.25) is 0 Å². The van der Waals surface area contributed by atoms with Crippen molar-refractivity contribution in [2.24, 2.45) is 0 Å². The van der Waals surface area contributed by atoms with Gasteiger partial charge in [0.1, 0.15) is 22.8 Å². The Hall–Kier alpha value is -3.29. The minimum absolute atomic E-state index is 0.00149. The summed E-state index contributed by atoms with van der Waals surface area (Å²) in [7, 11) is 0. The molecule has 0 amide bonds. The van der Waals surface area contributed by atoms with Gasteiger partial charge in [0.15, 0.2) is 0 Å². The van der Waals surface area contributed by atoms with Gasteiger partial charge < -0.3 is 9.52 Å². The van der Waals surface area contributed by atoms with Crippen molar-refractivity contribution in [1.82, 2.24) is 15.2 Å². The van der Waals surface area contributed by atoms with Gasteiger partial charge in [0.05, 0.1) is 11.1 Å². The number of phenolic OH excluding ortho intramolecular Hbond substituents is 1. The first kappa shape index (κ1) is 15.3. The zero-order chi connectivity index (χ0) is 17.6. The molecule has 5 nitrogen and oxygen atoms in total. The lowest BCUT2D eigenvalue weighted by Gasteiger charge is -2.02. The number of aromatic nitrogens is 3. The van der Waals surface area contributed by atoms with E-state index in [0.717, 1.165) is 11.6 Å². The number of furan rings is 1. The number of nitrogens with zero attached hydrogens (tertiary/aromatic N) is 2. The Bertz CT molecular complexity index is 1050. The van der Waals surface area contributed by atoms with Gasteiger partial charge in [0.2, 0.25) is 0 Å². The molecule has 0 aliphatic heterocycles. The predicted molar refractivity (Wildman–Crippen MR) is 83.7 cm³/mol. The summed E-state index contributed by atoms with van der Waals surface area (Å²) in [4.78, 5) is 3.92. The lowest BCUT2D eigenvalue weighted by atomic mass is 10.1. The fourth-order valence-electron chi connectivity index (χ4n) is 2.57. The molecule has 0 spiro atoms. The molecule has 0 aliphatic carbocycles. The number of benzene rings is 1. The third kappa shape index (κ3) is 2.61. The largest absolute Gasteiger partial charge is 0.506 e. The fourth-order valence-corrected chi connectivity index (χ4v) is 2.57. The number of halogens is 3. The molecule has 126 valence electrons. The molecule has 0 saturated heterocycles.